The van der Waals surface area contributed by atoms with Gasteiger partial charge in [0.25, 0.3) is 11.8 Å². The molecule has 0 atom stereocenters. The molecule has 2 rings (SSSR count). The maximum Gasteiger partial charge on any atom is 0.263 e. The van der Waals surface area contributed by atoms with Gasteiger partial charge in [-0.2, -0.15) is 0 Å². The van der Waals surface area contributed by atoms with Crippen LogP contribution < -0.4 is 16.4 Å². The van der Waals surface area contributed by atoms with Crippen LogP contribution >= 0.6 is 11.3 Å². The van der Waals surface area contributed by atoms with E-state index in [0.717, 1.165) is 12.8 Å². The van der Waals surface area contributed by atoms with Gasteiger partial charge in [0.2, 0.25) is 0 Å². The number of nitrogens with one attached hydrogen (secondary N) is 2. The Balaban J connectivity index is 1.97. The second-order valence-corrected chi connectivity index (χ2v) is 5.52. The van der Waals surface area contributed by atoms with Gasteiger partial charge < -0.3 is 16.4 Å². The molecular formula is C15H18N4O2S. The molecule has 0 spiro atoms. The van der Waals surface area contributed by atoms with E-state index in [1.54, 1.807) is 36.0 Å². The maximum absolute atomic E-state index is 12.1. The highest BCUT2D eigenvalue weighted by molar-refractivity contribution is 7.12. The third-order valence-corrected chi connectivity index (χ3v) is 3.89. The van der Waals surface area contributed by atoms with Gasteiger partial charge in [0, 0.05) is 24.5 Å². The third kappa shape index (κ3) is 4.37. The molecule has 116 valence electrons. The lowest BCUT2D eigenvalue weighted by atomic mass is 10.2. The molecule has 2 heterocycles. The zero-order valence-corrected chi connectivity index (χ0v) is 12.9. The molecule has 0 bridgehead atoms. The molecule has 2 aromatic rings. The lowest BCUT2D eigenvalue weighted by Crippen LogP contribution is -2.25. The highest BCUT2D eigenvalue weighted by atomic mass is 32.1. The zero-order valence-electron chi connectivity index (χ0n) is 12.0. The summed E-state index contributed by atoms with van der Waals surface area (Å²) < 4.78 is 0. The maximum atomic E-state index is 12.1. The second-order valence-electron chi connectivity index (χ2n) is 4.61. The van der Waals surface area contributed by atoms with Gasteiger partial charge in [-0.25, -0.2) is 0 Å². The van der Waals surface area contributed by atoms with Gasteiger partial charge in [-0.1, -0.05) is 0 Å². The lowest BCUT2D eigenvalue weighted by Gasteiger charge is -2.07. The van der Waals surface area contributed by atoms with Crippen LogP contribution in [0.1, 0.15) is 32.9 Å². The number of unbranched alkanes of at least 4 members (excludes halogenated alkanes) is 1. The van der Waals surface area contributed by atoms with Crippen LogP contribution in [0.5, 0.6) is 0 Å². The number of pyridine rings is 1. The third-order valence-electron chi connectivity index (χ3n) is 2.98. The molecule has 0 aliphatic carbocycles. The largest absolute Gasteiger partial charge is 0.351 e. The molecule has 0 aliphatic rings. The van der Waals surface area contributed by atoms with Gasteiger partial charge in [-0.05, 0) is 43.0 Å². The predicted molar refractivity (Wildman–Crippen MR) is 87.1 cm³/mol. The molecule has 4 N–H and O–H groups in total. The van der Waals surface area contributed by atoms with Crippen molar-refractivity contribution in [2.45, 2.75) is 12.8 Å². The number of hydrogen-bond acceptors (Lipinski definition) is 5. The summed E-state index contributed by atoms with van der Waals surface area (Å²) in [5.74, 6) is -0.449. The molecule has 0 fully saturated rings. The SMILES string of the molecule is NCCCCNC(=O)c1sccc1NC(=O)c1ccncc1. The van der Waals surface area contributed by atoms with Crippen LogP contribution in [0.15, 0.2) is 36.0 Å². The minimum Gasteiger partial charge on any atom is -0.351 e. The molecule has 6 nitrogen and oxygen atoms in total. The van der Waals surface area contributed by atoms with E-state index in [4.69, 9.17) is 5.73 Å². The molecule has 2 amide bonds. The van der Waals surface area contributed by atoms with Crippen molar-refractivity contribution in [3.05, 3.63) is 46.4 Å². The van der Waals surface area contributed by atoms with E-state index in [-0.39, 0.29) is 11.8 Å². The summed E-state index contributed by atoms with van der Waals surface area (Å²) in [4.78, 5) is 28.6. The zero-order chi connectivity index (χ0) is 15.8. The second kappa shape index (κ2) is 8.26. The van der Waals surface area contributed by atoms with Gasteiger partial charge in [0.15, 0.2) is 0 Å². The van der Waals surface area contributed by atoms with E-state index in [9.17, 15) is 9.59 Å². The summed E-state index contributed by atoms with van der Waals surface area (Å²) in [7, 11) is 0. The van der Waals surface area contributed by atoms with E-state index in [2.05, 4.69) is 15.6 Å². The van der Waals surface area contributed by atoms with Crippen molar-refractivity contribution >= 4 is 28.8 Å². The highest BCUT2D eigenvalue weighted by Gasteiger charge is 2.15. The summed E-state index contributed by atoms with van der Waals surface area (Å²) >= 11 is 1.29. The molecule has 0 aromatic carbocycles. The molecule has 2 aromatic heterocycles. The van der Waals surface area contributed by atoms with Crippen molar-refractivity contribution in [2.75, 3.05) is 18.4 Å². The quantitative estimate of drug-likeness (QED) is 0.679. The summed E-state index contributed by atoms with van der Waals surface area (Å²) in [5.41, 5.74) is 6.42. The first-order chi connectivity index (χ1) is 10.7. The molecule has 0 radical (unpaired) electrons. The van der Waals surface area contributed by atoms with Crippen LogP contribution in [0.3, 0.4) is 0 Å². The number of hydrogen-bond donors (Lipinski definition) is 3. The van der Waals surface area contributed by atoms with Crippen LogP contribution in [0.4, 0.5) is 5.69 Å². The smallest absolute Gasteiger partial charge is 0.263 e. The van der Waals surface area contributed by atoms with Crippen molar-refractivity contribution in [2.24, 2.45) is 5.73 Å². The number of carbonyl (C=O) groups is 2. The van der Waals surface area contributed by atoms with Gasteiger partial charge in [0.1, 0.15) is 4.88 Å². The number of amides is 2. The average molecular weight is 318 g/mol. The summed E-state index contributed by atoms with van der Waals surface area (Å²) in [6.07, 6.45) is 4.81. The monoisotopic (exact) mass is 318 g/mol. The first-order valence-electron chi connectivity index (χ1n) is 6.99. The van der Waals surface area contributed by atoms with Crippen LogP contribution in [0, 0.1) is 0 Å². The fourth-order valence-electron chi connectivity index (χ4n) is 1.83. The van der Waals surface area contributed by atoms with Crippen LogP contribution in [0.2, 0.25) is 0 Å². The number of nitrogens with two attached hydrogens (primary N) is 1. The van der Waals surface area contributed by atoms with Crippen LogP contribution in [-0.2, 0) is 0 Å². The topological polar surface area (TPSA) is 97.1 Å². The van der Waals surface area contributed by atoms with Crippen molar-refractivity contribution in [3.63, 3.8) is 0 Å². The number of nitrogens with zero attached hydrogens (tertiary/aromatic N) is 1. The standard InChI is InChI=1S/C15H18N4O2S/c16-6-1-2-7-18-15(21)13-12(5-10-22-13)19-14(20)11-3-8-17-9-4-11/h3-5,8-10H,1-2,6-7,16H2,(H,18,21)(H,19,20). The Labute approximate surface area is 132 Å². The van der Waals surface area contributed by atoms with Crippen LogP contribution in [0.25, 0.3) is 0 Å². The fourth-order valence-corrected chi connectivity index (χ4v) is 2.60. The summed E-state index contributed by atoms with van der Waals surface area (Å²) in [5, 5.41) is 7.35. The predicted octanol–water partition coefficient (Wildman–Crippen LogP) is 1.86. The molecule has 7 heteroatoms. The van der Waals surface area contributed by atoms with Gasteiger partial charge in [-0.15, -0.1) is 11.3 Å². The number of rotatable bonds is 7. The summed E-state index contributed by atoms with van der Waals surface area (Å²) in [6, 6.07) is 4.96. The lowest BCUT2D eigenvalue weighted by molar-refractivity contribution is 0.0958. The normalized spacial score (nSPS) is 10.2. The number of thiophene rings is 1. The highest BCUT2D eigenvalue weighted by Crippen LogP contribution is 2.22. The minimum absolute atomic E-state index is 0.183. The van der Waals surface area contributed by atoms with Crippen molar-refractivity contribution in [1.29, 1.82) is 0 Å². The Hall–Kier alpha value is -2.25. The number of carbonyl (C=O) groups excluding carboxylic acids is 2. The average Bonchev–Trinajstić information content (AvgIpc) is 3.00. The van der Waals surface area contributed by atoms with Crippen molar-refractivity contribution in [1.82, 2.24) is 10.3 Å². The number of aromatic nitrogens is 1. The fraction of sp³-hybridized carbons (Fsp3) is 0.267. The molecule has 0 saturated heterocycles. The molecule has 22 heavy (non-hydrogen) atoms. The first kappa shape index (κ1) is 16.1. The Morgan fingerprint density at radius 3 is 2.64 bits per heavy atom. The van der Waals surface area contributed by atoms with Crippen LogP contribution in [-0.4, -0.2) is 29.9 Å². The Morgan fingerprint density at radius 2 is 1.91 bits per heavy atom. The summed E-state index contributed by atoms with van der Waals surface area (Å²) in [6.45, 7) is 1.19. The Morgan fingerprint density at radius 1 is 1.14 bits per heavy atom. The first-order valence-corrected chi connectivity index (χ1v) is 7.87. The van der Waals surface area contributed by atoms with Crippen molar-refractivity contribution < 1.29 is 9.59 Å². The van der Waals surface area contributed by atoms with E-state index in [1.807, 2.05) is 0 Å². The van der Waals surface area contributed by atoms with E-state index >= 15 is 0 Å². The molecule has 0 aliphatic heterocycles. The minimum atomic E-state index is -0.266. The van der Waals surface area contributed by atoms with E-state index in [0.29, 0.717) is 29.2 Å². The Kier molecular flexibility index (Phi) is 6.05. The molecule has 0 saturated carbocycles. The molecular weight excluding hydrogens is 300 g/mol. The van der Waals surface area contributed by atoms with Gasteiger partial charge in [0.05, 0.1) is 5.69 Å². The van der Waals surface area contributed by atoms with Gasteiger partial charge >= 0.3 is 0 Å². The number of anilines is 1. The van der Waals surface area contributed by atoms with E-state index < -0.39 is 0 Å². The van der Waals surface area contributed by atoms with Gasteiger partial charge in [-0.3, -0.25) is 14.6 Å². The van der Waals surface area contributed by atoms with Crippen molar-refractivity contribution in [3.8, 4) is 0 Å². The van der Waals surface area contributed by atoms with E-state index in [1.165, 1.54) is 11.3 Å². The molecule has 0 unspecified atom stereocenters. The Bertz CT molecular complexity index is 627.